The summed E-state index contributed by atoms with van der Waals surface area (Å²) in [6.07, 6.45) is 2.08. The second-order valence-corrected chi connectivity index (χ2v) is 10.8. The summed E-state index contributed by atoms with van der Waals surface area (Å²) in [5, 5.41) is 0. The average Bonchev–Trinajstić information content (AvgIpc) is 2.10. The van der Waals surface area contributed by atoms with Crippen LogP contribution in [0.1, 0.15) is 54.4 Å². The van der Waals surface area contributed by atoms with Crippen LogP contribution in [0.15, 0.2) is 0 Å². The summed E-state index contributed by atoms with van der Waals surface area (Å²) in [5.74, 6) is 0. The minimum atomic E-state index is -1.59. The van der Waals surface area contributed by atoms with E-state index in [2.05, 4.69) is 48.5 Å². The SMILES string of the molecule is [CH2-]CCCO[Si](C(C)C)(C(C)C)C(C)C.[Cl-].[Mg+2]. The first-order chi connectivity index (χ1) is 6.89. The molecule has 0 saturated heterocycles. The van der Waals surface area contributed by atoms with E-state index in [1.807, 2.05) is 0 Å². The van der Waals surface area contributed by atoms with Crippen molar-refractivity contribution in [2.24, 2.45) is 0 Å². The van der Waals surface area contributed by atoms with E-state index in [4.69, 9.17) is 4.43 Å². The smallest absolute Gasteiger partial charge is 1.00 e. The molecule has 17 heavy (non-hydrogen) atoms. The van der Waals surface area contributed by atoms with Crippen LogP contribution in [0.4, 0.5) is 0 Å². The van der Waals surface area contributed by atoms with Crippen LogP contribution in [-0.2, 0) is 4.43 Å². The average molecular weight is 289 g/mol. The molecule has 0 bridgehead atoms. The Balaban J connectivity index is -0.000000980. The van der Waals surface area contributed by atoms with Gasteiger partial charge in [0.05, 0.1) is 0 Å². The minimum absolute atomic E-state index is 0. The maximum atomic E-state index is 6.35. The van der Waals surface area contributed by atoms with E-state index >= 15 is 0 Å². The molecule has 0 aliphatic carbocycles. The fraction of sp³-hybridized carbons (Fsp3) is 0.923. The molecule has 100 valence electrons. The van der Waals surface area contributed by atoms with Gasteiger partial charge in [-0.15, -0.1) is 0 Å². The van der Waals surface area contributed by atoms with Gasteiger partial charge in [0.1, 0.15) is 0 Å². The van der Waals surface area contributed by atoms with Gasteiger partial charge in [-0.2, -0.15) is 6.42 Å². The Labute approximate surface area is 132 Å². The topological polar surface area (TPSA) is 9.23 Å². The molecule has 1 nitrogen and oxygen atoms in total. The molecule has 0 N–H and O–H groups in total. The molecule has 0 rings (SSSR count). The van der Waals surface area contributed by atoms with E-state index < -0.39 is 8.32 Å². The van der Waals surface area contributed by atoms with Gasteiger partial charge in [-0.05, 0) is 16.6 Å². The van der Waals surface area contributed by atoms with Gasteiger partial charge in [-0.3, -0.25) is 0 Å². The van der Waals surface area contributed by atoms with Gasteiger partial charge in [0, 0.05) is 6.61 Å². The largest absolute Gasteiger partial charge is 2.00 e. The number of hydrogen-bond donors (Lipinski definition) is 0. The maximum absolute atomic E-state index is 6.35. The van der Waals surface area contributed by atoms with E-state index in [0.717, 1.165) is 19.4 Å². The zero-order valence-electron chi connectivity index (χ0n) is 12.6. The molecule has 0 fully saturated rings. The Morgan fingerprint density at radius 3 is 1.53 bits per heavy atom. The maximum Gasteiger partial charge on any atom is 2.00 e. The fourth-order valence-corrected chi connectivity index (χ4v) is 8.35. The van der Waals surface area contributed by atoms with Crippen molar-refractivity contribution >= 4 is 31.4 Å². The van der Waals surface area contributed by atoms with Gasteiger partial charge in [0.25, 0.3) is 0 Å². The molecule has 0 saturated carbocycles. The number of rotatable bonds is 7. The monoisotopic (exact) mass is 288 g/mol. The number of halogens is 1. The molecule has 0 spiro atoms. The summed E-state index contributed by atoms with van der Waals surface area (Å²) in [4.78, 5) is 0. The Bertz CT molecular complexity index is 153. The molecule has 0 amide bonds. The summed E-state index contributed by atoms with van der Waals surface area (Å²) in [6, 6.07) is 0. The van der Waals surface area contributed by atoms with Crippen LogP contribution in [0.2, 0.25) is 16.6 Å². The number of unbranched alkanes of at least 4 members (excludes halogenated alkanes) is 1. The van der Waals surface area contributed by atoms with Crippen LogP contribution in [-0.4, -0.2) is 38.0 Å². The van der Waals surface area contributed by atoms with Gasteiger partial charge in [0.2, 0.25) is 0 Å². The van der Waals surface area contributed by atoms with Crippen molar-refractivity contribution in [3.63, 3.8) is 0 Å². The van der Waals surface area contributed by atoms with Crippen LogP contribution in [0, 0.1) is 6.92 Å². The van der Waals surface area contributed by atoms with Gasteiger partial charge in [-0.25, -0.2) is 0 Å². The first-order valence-corrected chi connectivity index (χ1v) is 8.46. The van der Waals surface area contributed by atoms with E-state index in [1.165, 1.54) is 0 Å². The second kappa shape index (κ2) is 11.1. The third-order valence-electron chi connectivity index (χ3n) is 3.45. The van der Waals surface area contributed by atoms with Crippen LogP contribution in [0.3, 0.4) is 0 Å². The van der Waals surface area contributed by atoms with Crippen LogP contribution in [0.25, 0.3) is 0 Å². The standard InChI is InChI=1S/C13H29OSi.ClH.Mg/c1-8-9-10-14-15(11(2)3,12(4)5)13(6)7;;/h11-13H,1,8-10H2,2-7H3;1H;/q-1;;+2/p-1. The normalized spacial score (nSPS) is 11.6. The van der Waals surface area contributed by atoms with E-state index in [1.54, 1.807) is 0 Å². The molecule has 0 aliphatic rings. The summed E-state index contributed by atoms with van der Waals surface area (Å²) < 4.78 is 6.35. The van der Waals surface area contributed by atoms with Crippen LogP contribution < -0.4 is 12.4 Å². The zero-order chi connectivity index (χ0) is 12.1. The van der Waals surface area contributed by atoms with Crippen molar-refractivity contribution in [3.05, 3.63) is 6.92 Å². The van der Waals surface area contributed by atoms with E-state index in [9.17, 15) is 0 Å². The minimum Gasteiger partial charge on any atom is -1.00 e. The molecule has 0 atom stereocenters. The molecule has 0 aromatic carbocycles. The predicted octanol–water partition coefficient (Wildman–Crippen LogP) is 1.42. The van der Waals surface area contributed by atoms with Crippen molar-refractivity contribution in [2.75, 3.05) is 6.61 Å². The summed E-state index contributed by atoms with van der Waals surface area (Å²) in [7, 11) is -1.59. The van der Waals surface area contributed by atoms with Gasteiger partial charge >= 0.3 is 23.1 Å². The van der Waals surface area contributed by atoms with Crippen molar-refractivity contribution in [1.29, 1.82) is 0 Å². The molecule has 0 unspecified atom stereocenters. The quantitative estimate of drug-likeness (QED) is 0.391. The molecule has 0 aromatic heterocycles. The van der Waals surface area contributed by atoms with Crippen LogP contribution >= 0.6 is 0 Å². The van der Waals surface area contributed by atoms with Gasteiger partial charge in [0.15, 0.2) is 8.32 Å². The van der Waals surface area contributed by atoms with E-state index in [-0.39, 0.29) is 35.5 Å². The van der Waals surface area contributed by atoms with Gasteiger partial charge < -0.3 is 23.8 Å². The molecular formula is C13H29ClMgOSi. The molecule has 0 aromatic rings. The third kappa shape index (κ3) is 6.28. The molecular weight excluding hydrogens is 260 g/mol. The summed E-state index contributed by atoms with van der Waals surface area (Å²) >= 11 is 0. The fourth-order valence-electron chi connectivity index (χ4n) is 2.85. The van der Waals surface area contributed by atoms with Crippen LogP contribution in [0.5, 0.6) is 0 Å². The van der Waals surface area contributed by atoms with Crippen molar-refractivity contribution in [1.82, 2.24) is 0 Å². The molecule has 4 heteroatoms. The summed E-state index contributed by atoms with van der Waals surface area (Å²) in [5.41, 5.74) is 2.09. The first kappa shape index (κ1) is 23.3. The zero-order valence-corrected chi connectivity index (χ0v) is 15.7. The molecule has 0 radical (unpaired) electrons. The molecule has 0 aliphatic heterocycles. The predicted molar refractivity (Wildman–Crippen MR) is 77.3 cm³/mol. The third-order valence-corrected chi connectivity index (χ3v) is 9.57. The van der Waals surface area contributed by atoms with Crippen molar-refractivity contribution in [2.45, 2.75) is 71.0 Å². The van der Waals surface area contributed by atoms with Crippen molar-refractivity contribution in [3.8, 4) is 0 Å². The Morgan fingerprint density at radius 2 is 1.29 bits per heavy atom. The first-order valence-electron chi connectivity index (χ1n) is 6.32. The van der Waals surface area contributed by atoms with Gasteiger partial charge in [-0.1, -0.05) is 48.0 Å². The second-order valence-electron chi connectivity index (χ2n) is 5.37. The summed E-state index contributed by atoms with van der Waals surface area (Å²) in [6.45, 7) is 18.8. The van der Waals surface area contributed by atoms with E-state index in [0.29, 0.717) is 16.6 Å². The Morgan fingerprint density at radius 1 is 0.941 bits per heavy atom. The number of hydrogen-bond acceptors (Lipinski definition) is 1. The Kier molecular flexibility index (Phi) is 15.2. The Hall–Kier alpha value is 1.23. The van der Waals surface area contributed by atoms with Crippen molar-refractivity contribution < 1.29 is 16.8 Å². The molecule has 0 heterocycles.